The van der Waals surface area contributed by atoms with Gasteiger partial charge in [-0.1, -0.05) is 30.3 Å². The molecule has 1 aromatic carbocycles. The number of nitrogens with one attached hydrogen (secondary N) is 4. The van der Waals surface area contributed by atoms with Gasteiger partial charge in [0.15, 0.2) is 5.96 Å². The Labute approximate surface area is 203 Å². The summed E-state index contributed by atoms with van der Waals surface area (Å²) >= 11 is 0. The van der Waals surface area contributed by atoms with Gasteiger partial charge in [0.25, 0.3) is 0 Å². The van der Waals surface area contributed by atoms with Gasteiger partial charge in [0.1, 0.15) is 12.6 Å². The van der Waals surface area contributed by atoms with E-state index in [0.29, 0.717) is 44.9 Å². The number of carboxylic acid groups (broad SMARTS) is 1. The molecule has 35 heavy (non-hydrogen) atoms. The number of guanidine groups is 1. The number of benzene rings is 1. The predicted molar refractivity (Wildman–Crippen MR) is 126 cm³/mol. The molecule has 5 N–H and O–H groups in total. The van der Waals surface area contributed by atoms with E-state index in [1.165, 1.54) is 0 Å². The van der Waals surface area contributed by atoms with E-state index in [2.05, 4.69) is 26.3 Å². The van der Waals surface area contributed by atoms with Crippen LogP contribution in [-0.4, -0.2) is 85.2 Å². The second-order valence-electron chi connectivity index (χ2n) is 8.33. The van der Waals surface area contributed by atoms with Crippen molar-refractivity contribution in [1.29, 1.82) is 0 Å². The number of piperidine rings is 1. The molecule has 2 heterocycles. The Balaban J connectivity index is 1.34. The summed E-state index contributed by atoms with van der Waals surface area (Å²) in [5.41, 5.74) is 0.768. The standard InChI is InChI=1S/C23H32N6O6/c30-19(6-9-24-22-25-10-11-26-22)29-12-7-17(8-13-29)20(31)27-14-18(21(32)33)28-23(34)35-15-16-4-2-1-3-5-16/h1-5,17-18H,6-15H2,(H,27,31)(H,28,34)(H,32,33)(H2,24,25,26)/t18-/m0/s1. The number of carbonyl (C=O) groups excluding carboxylic acids is 3. The van der Waals surface area contributed by atoms with E-state index < -0.39 is 18.1 Å². The molecular formula is C23H32N6O6. The molecule has 1 atom stereocenters. The number of hydrogen-bond acceptors (Lipinski definition) is 8. The lowest BCUT2D eigenvalue weighted by molar-refractivity contribution is -0.140. The van der Waals surface area contributed by atoms with E-state index in [1.807, 2.05) is 6.07 Å². The summed E-state index contributed by atoms with van der Waals surface area (Å²) in [5.74, 6) is -1.18. The van der Waals surface area contributed by atoms with Crippen LogP contribution in [0.4, 0.5) is 4.79 Å². The first-order valence-electron chi connectivity index (χ1n) is 11.7. The third-order valence-corrected chi connectivity index (χ3v) is 5.81. The zero-order valence-corrected chi connectivity index (χ0v) is 19.5. The van der Waals surface area contributed by atoms with Gasteiger partial charge >= 0.3 is 12.1 Å². The first-order valence-corrected chi connectivity index (χ1v) is 11.7. The van der Waals surface area contributed by atoms with Gasteiger partial charge in [0.2, 0.25) is 11.8 Å². The van der Waals surface area contributed by atoms with Crippen molar-refractivity contribution in [3.05, 3.63) is 35.9 Å². The Morgan fingerprint density at radius 3 is 2.57 bits per heavy atom. The molecule has 0 saturated carbocycles. The van der Waals surface area contributed by atoms with Gasteiger partial charge in [0.05, 0.1) is 6.54 Å². The van der Waals surface area contributed by atoms with E-state index >= 15 is 0 Å². The highest BCUT2D eigenvalue weighted by atomic mass is 16.5. The summed E-state index contributed by atoms with van der Waals surface area (Å²) in [5, 5.41) is 20.4. The summed E-state index contributed by atoms with van der Waals surface area (Å²) in [4.78, 5) is 54.3. The lowest BCUT2D eigenvalue weighted by atomic mass is 9.95. The van der Waals surface area contributed by atoms with Crippen LogP contribution < -0.4 is 21.3 Å². The second-order valence-corrected chi connectivity index (χ2v) is 8.33. The second kappa shape index (κ2) is 13.2. The van der Waals surface area contributed by atoms with Gasteiger partial charge in [-0.2, -0.15) is 0 Å². The van der Waals surface area contributed by atoms with E-state index in [9.17, 15) is 24.3 Å². The molecule has 2 aliphatic rings. The Morgan fingerprint density at radius 1 is 1.17 bits per heavy atom. The van der Waals surface area contributed by atoms with Gasteiger partial charge in [-0.15, -0.1) is 0 Å². The molecule has 0 bridgehead atoms. The summed E-state index contributed by atoms with van der Waals surface area (Å²) < 4.78 is 5.04. The van der Waals surface area contributed by atoms with Crippen molar-refractivity contribution in [1.82, 2.24) is 26.2 Å². The molecule has 3 rings (SSSR count). The molecule has 190 valence electrons. The number of carbonyl (C=O) groups is 4. The van der Waals surface area contributed by atoms with Crippen LogP contribution in [0.15, 0.2) is 35.3 Å². The molecule has 0 spiro atoms. The number of ether oxygens (including phenoxy) is 1. The first-order chi connectivity index (χ1) is 16.9. The van der Waals surface area contributed by atoms with Gasteiger partial charge in [-0.05, 0) is 18.4 Å². The summed E-state index contributed by atoms with van der Waals surface area (Å²) in [6.07, 6.45) is 0.435. The van der Waals surface area contributed by atoms with Crippen molar-refractivity contribution in [3.8, 4) is 0 Å². The number of amides is 3. The third kappa shape index (κ3) is 8.47. The number of nitrogens with zero attached hydrogens (tertiary/aromatic N) is 2. The highest BCUT2D eigenvalue weighted by Gasteiger charge is 2.29. The number of hydrogen-bond donors (Lipinski definition) is 5. The molecule has 0 aromatic heterocycles. The van der Waals surface area contributed by atoms with Crippen molar-refractivity contribution in [2.45, 2.75) is 31.9 Å². The number of alkyl carbamates (subject to hydrolysis) is 1. The lowest BCUT2D eigenvalue weighted by Gasteiger charge is -2.31. The SMILES string of the molecule is O=C(N[C@@H](CNC(=O)C1CCN(C(=O)CCNC2=NCCN2)CC1)C(=O)O)OCc1ccccc1. The molecule has 2 aliphatic heterocycles. The Hall–Kier alpha value is -3.83. The van der Waals surface area contributed by atoms with E-state index in [1.54, 1.807) is 29.2 Å². The van der Waals surface area contributed by atoms with Crippen LogP contribution in [0.5, 0.6) is 0 Å². The molecule has 1 fully saturated rings. The smallest absolute Gasteiger partial charge is 0.408 e. The fourth-order valence-corrected chi connectivity index (χ4v) is 3.81. The fraction of sp³-hybridized carbons (Fsp3) is 0.522. The zero-order valence-electron chi connectivity index (χ0n) is 19.5. The highest BCUT2D eigenvalue weighted by molar-refractivity contribution is 5.84. The van der Waals surface area contributed by atoms with Crippen LogP contribution in [0.1, 0.15) is 24.8 Å². The minimum absolute atomic E-state index is 0.00433. The lowest BCUT2D eigenvalue weighted by Crippen LogP contribution is -2.50. The van der Waals surface area contributed by atoms with Crippen LogP contribution in [0.3, 0.4) is 0 Å². The van der Waals surface area contributed by atoms with Crippen LogP contribution in [0.25, 0.3) is 0 Å². The van der Waals surface area contributed by atoms with E-state index in [-0.39, 0.29) is 30.9 Å². The molecule has 0 radical (unpaired) electrons. The summed E-state index contributed by atoms with van der Waals surface area (Å²) in [7, 11) is 0. The minimum Gasteiger partial charge on any atom is -0.480 e. The highest BCUT2D eigenvalue weighted by Crippen LogP contribution is 2.18. The first kappa shape index (κ1) is 25.8. The van der Waals surface area contributed by atoms with Gasteiger partial charge in [-0.25, -0.2) is 9.59 Å². The number of rotatable bonds is 10. The maximum atomic E-state index is 12.5. The summed E-state index contributed by atoms with van der Waals surface area (Å²) in [6.45, 7) is 2.68. The van der Waals surface area contributed by atoms with Crippen LogP contribution in [0.2, 0.25) is 0 Å². The quantitative estimate of drug-likeness (QED) is 0.299. The normalized spacial score (nSPS) is 16.5. The molecule has 12 nitrogen and oxygen atoms in total. The Kier molecular flexibility index (Phi) is 9.69. The largest absolute Gasteiger partial charge is 0.480 e. The number of aliphatic imine (C=N–C) groups is 1. The average Bonchev–Trinajstić information content (AvgIpc) is 3.39. The molecule has 12 heteroatoms. The topological polar surface area (TPSA) is 161 Å². The van der Waals surface area contributed by atoms with Crippen molar-refractivity contribution in [2.24, 2.45) is 10.9 Å². The maximum absolute atomic E-state index is 12.5. The Bertz CT molecular complexity index is 916. The molecule has 0 unspecified atom stereocenters. The van der Waals surface area contributed by atoms with Crippen LogP contribution in [-0.2, 0) is 25.7 Å². The average molecular weight is 489 g/mol. The monoisotopic (exact) mass is 488 g/mol. The van der Waals surface area contributed by atoms with Crippen LogP contribution in [0, 0.1) is 5.92 Å². The van der Waals surface area contributed by atoms with Crippen molar-refractivity contribution in [3.63, 3.8) is 0 Å². The Morgan fingerprint density at radius 2 is 1.91 bits per heavy atom. The van der Waals surface area contributed by atoms with Crippen LogP contribution >= 0.6 is 0 Å². The summed E-state index contributed by atoms with van der Waals surface area (Å²) in [6, 6.07) is 7.67. The van der Waals surface area contributed by atoms with Gasteiger partial charge in [0, 0.05) is 45.1 Å². The van der Waals surface area contributed by atoms with Gasteiger partial charge in [-0.3, -0.25) is 14.6 Å². The third-order valence-electron chi connectivity index (χ3n) is 5.81. The maximum Gasteiger partial charge on any atom is 0.408 e. The molecule has 1 aromatic rings. The molecule has 3 amide bonds. The van der Waals surface area contributed by atoms with Crippen molar-refractivity contribution in [2.75, 3.05) is 39.3 Å². The number of carboxylic acids is 1. The van der Waals surface area contributed by atoms with Crippen molar-refractivity contribution >= 4 is 29.8 Å². The van der Waals surface area contributed by atoms with E-state index in [0.717, 1.165) is 18.7 Å². The predicted octanol–water partition coefficient (Wildman–Crippen LogP) is -0.340. The molecule has 1 saturated heterocycles. The minimum atomic E-state index is -1.32. The molecule has 0 aliphatic carbocycles. The number of aliphatic carboxylic acids is 1. The number of likely N-dealkylation sites (tertiary alicyclic amines) is 1. The molecular weight excluding hydrogens is 456 g/mol. The van der Waals surface area contributed by atoms with E-state index in [4.69, 9.17) is 4.74 Å². The van der Waals surface area contributed by atoms with Crippen molar-refractivity contribution < 1.29 is 29.0 Å². The van der Waals surface area contributed by atoms with Gasteiger partial charge < -0.3 is 36.0 Å². The zero-order chi connectivity index (χ0) is 25.0. The fourth-order valence-electron chi connectivity index (χ4n) is 3.81.